The Balaban J connectivity index is 3.05. The lowest BCUT2D eigenvalue weighted by Crippen LogP contribution is -2.23. The van der Waals surface area contributed by atoms with E-state index in [1.807, 2.05) is 0 Å². The summed E-state index contributed by atoms with van der Waals surface area (Å²) < 4.78 is 12.9. The molecule has 0 bridgehead atoms. The van der Waals surface area contributed by atoms with Crippen LogP contribution in [0.4, 0.5) is 4.39 Å². The van der Waals surface area contributed by atoms with E-state index in [-0.39, 0.29) is 11.7 Å². The van der Waals surface area contributed by atoms with E-state index in [4.69, 9.17) is 11.6 Å². The van der Waals surface area contributed by atoms with E-state index in [2.05, 4.69) is 5.32 Å². The van der Waals surface area contributed by atoms with Crippen molar-refractivity contribution >= 4 is 17.5 Å². The van der Waals surface area contributed by atoms with Crippen molar-refractivity contribution < 1.29 is 9.18 Å². The van der Waals surface area contributed by atoms with Crippen molar-refractivity contribution in [3.8, 4) is 0 Å². The van der Waals surface area contributed by atoms with Gasteiger partial charge in [0, 0.05) is 7.05 Å². The third-order valence-electron chi connectivity index (χ3n) is 1.99. The van der Waals surface area contributed by atoms with Crippen LogP contribution in [0.25, 0.3) is 0 Å². The van der Waals surface area contributed by atoms with Gasteiger partial charge in [-0.25, -0.2) is 4.39 Å². The first-order chi connectivity index (χ1) is 6.56. The van der Waals surface area contributed by atoms with Crippen molar-refractivity contribution in [3.63, 3.8) is 0 Å². The van der Waals surface area contributed by atoms with Gasteiger partial charge in [-0.3, -0.25) is 4.79 Å². The maximum absolute atomic E-state index is 12.9. The number of carbonyl (C=O) groups is 1. The van der Waals surface area contributed by atoms with E-state index in [1.165, 1.54) is 19.2 Å². The molecule has 1 atom stereocenters. The highest BCUT2D eigenvalue weighted by atomic mass is 35.5. The zero-order chi connectivity index (χ0) is 10.7. The predicted octanol–water partition coefficient (Wildman–Crippen LogP) is 2.16. The number of aryl methyl sites for hydroxylation is 1. The van der Waals surface area contributed by atoms with E-state index >= 15 is 0 Å². The molecular formula is C10H11ClFNO. The van der Waals surface area contributed by atoms with E-state index in [1.54, 1.807) is 13.0 Å². The number of nitrogens with one attached hydrogen (secondary N) is 1. The van der Waals surface area contributed by atoms with Crippen molar-refractivity contribution in [3.05, 3.63) is 35.1 Å². The Morgan fingerprint density at radius 1 is 1.57 bits per heavy atom. The Morgan fingerprint density at radius 2 is 2.21 bits per heavy atom. The first-order valence-corrected chi connectivity index (χ1v) is 4.61. The topological polar surface area (TPSA) is 29.1 Å². The Morgan fingerprint density at radius 3 is 2.79 bits per heavy atom. The summed E-state index contributed by atoms with van der Waals surface area (Å²) in [5.74, 6) is -0.722. The molecule has 4 heteroatoms. The Labute approximate surface area is 87.1 Å². The minimum Gasteiger partial charge on any atom is -0.358 e. The van der Waals surface area contributed by atoms with E-state index in [0.717, 1.165) is 5.56 Å². The molecule has 0 saturated carbocycles. The summed E-state index contributed by atoms with van der Waals surface area (Å²) >= 11 is 5.86. The van der Waals surface area contributed by atoms with Gasteiger partial charge in [0.25, 0.3) is 0 Å². The molecule has 1 rings (SSSR count). The van der Waals surface area contributed by atoms with Crippen molar-refractivity contribution in [1.29, 1.82) is 0 Å². The second-order valence-electron chi connectivity index (χ2n) is 2.98. The van der Waals surface area contributed by atoms with Gasteiger partial charge in [0.1, 0.15) is 11.2 Å². The summed E-state index contributed by atoms with van der Waals surface area (Å²) in [6.45, 7) is 1.78. The molecule has 0 aliphatic heterocycles. The minimum absolute atomic E-state index is 0.333. The fourth-order valence-electron chi connectivity index (χ4n) is 1.15. The van der Waals surface area contributed by atoms with Crippen LogP contribution in [0.3, 0.4) is 0 Å². The van der Waals surface area contributed by atoms with Crippen molar-refractivity contribution in [1.82, 2.24) is 5.32 Å². The second kappa shape index (κ2) is 4.42. The maximum Gasteiger partial charge on any atom is 0.242 e. The van der Waals surface area contributed by atoms with Gasteiger partial charge in [-0.2, -0.15) is 0 Å². The number of halogens is 2. The predicted molar refractivity (Wildman–Crippen MR) is 53.8 cm³/mol. The monoisotopic (exact) mass is 215 g/mol. The summed E-state index contributed by atoms with van der Waals surface area (Å²) in [4.78, 5) is 11.2. The first kappa shape index (κ1) is 11.0. The number of amides is 1. The van der Waals surface area contributed by atoms with Gasteiger partial charge >= 0.3 is 0 Å². The lowest BCUT2D eigenvalue weighted by atomic mass is 10.0. The molecule has 76 valence electrons. The van der Waals surface area contributed by atoms with Crippen molar-refractivity contribution in [2.24, 2.45) is 0 Å². The molecule has 1 aromatic rings. The number of likely N-dealkylation sites (N-methyl/N-ethyl adjacent to an activating group) is 1. The Hall–Kier alpha value is -1.09. The lowest BCUT2D eigenvalue weighted by molar-refractivity contribution is -0.120. The van der Waals surface area contributed by atoms with E-state index < -0.39 is 5.38 Å². The fourth-order valence-corrected chi connectivity index (χ4v) is 1.50. The van der Waals surface area contributed by atoms with Crippen LogP contribution in [0, 0.1) is 12.7 Å². The van der Waals surface area contributed by atoms with Crippen LogP contribution in [0.15, 0.2) is 18.2 Å². The maximum atomic E-state index is 12.9. The molecule has 0 aromatic heterocycles. The molecule has 1 amide bonds. The molecule has 0 radical (unpaired) electrons. The zero-order valence-corrected chi connectivity index (χ0v) is 8.73. The van der Waals surface area contributed by atoms with Crippen LogP contribution in [0.2, 0.25) is 0 Å². The SMILES string of the molecule is CNC(=O)C(Cl)c1cc(F)ccc1C. The van der Waals surface area contributed by atoms with Crippen LogP contribution in [0.5, 0.6) is 0 Å². The summed E-state index contributed by atoms with van der Waals surface area (Å²) in [6, 6.07) is 4.22. The molecular weight excluding hydrogens is 205 g/mol. The Kier molecular flexibility index (Phi) is 3.47. The number of carbonyl (C=O) groups excluding carboxylic acids is 1. The fraction of sp³-hybridized carbons (Fsp3) is 0.300. The average molecular weight is 216 g/mol. The van der Waals surface area contributed by atoms with E-state index in [9.17, 15) is 9.18 Å². The van der Waals surface area contributed by atoms with Gasteiger partial charge in [-0.15, -0.1) is 11.6 Å². The summed E-state index contributed by atoms with van der Waals surface area (Å²) in [6.07, 6.45) is 0. The lowest BCUT2D eigenvalue weighted by Gasteiger charge is -2.11. The Bertz CT molecular complexity index is 354. The molecule has 2 nitrogen and oxygen atoms in total. The van der Waals surface area contributed by atoms with Crippen LogP contribution in [-0.4, -0.2) is 13.0 Å². The van der Waals surface area contributed by atoms with Crippen LogP contribution < -0.4 is 5.32 Å². The average Bonchev–Trinajstić information content (AvgIpc) is 2.19. The highest BCUT2D eigenvalue weighted by Crippen LogP contribution is 2.24. The van der Waals surface area contributed by atoms with Gasteiger partial charge in [0.05, 0.1) is 0 Å². The number of hydrogen-bond acceptors (Lipinski definition) is 1. The highest BCUT2D eigenvalue weighted by Gasteiger charge is 2.18. The number of hydrogen-bond donors (Lipinski definition) is 1. The van der Waals surface area contributed by atoms with Crippen molar-refractivity contribution in [2.75, 3.05) is 7.05 Å². The molecule has 1 unspecified atom stereocenters. The number of alkyl halides is 1. The molecule has 0 aliphatic rings. The second-order valence-corrected chi connectivity index (χ2v) is 3.41. The van der Waals surface area contributed by atoms with Crippen LogP contribution in [-0.2, 0) is 4.79 Å². The standard InChI is InChI=1S/C10H11ClFNO/c1-6-3-4-7(12)5-8(6)9(11)10(14)13-2/h3-5,9H,1-2H3,(H,13,14). The molecule has 14 heavy (non-hydrogen) atoms. The number of benzene rings is 1. The van der Waals surface area contributed by atoms with Crippen LogP contribution >= 0.6 is 11.6 Å². The molecule has 0 spiro atoms. The zero-order valence-electron chi connectivity index (χ0n) is 7.97. The summed E-state index contributed by atoms with van der Waals surface area (Å²) in [7, 11) is 1.49. The largest absolute Gasteiger partial charge is 0.358 e. The molecule has 1 N–H and O–H groups in total. The quantitative estimate of drug-likeness (QED) is 0.753. The smallest absolute Gasteiger partial charge is 0.242 e. The van der Waals surface area contributed by atoms with Gasteiger partial charge in [0.2, 0.25) is 5.91 Å². The molecule has 0 saturated heterocycles. The van der Waals surface area contributed by atoms with Gasteiger partial charge < -0.3 is 5.32 Å². The third kappa shape index (κ3) is 2.23. The molecule has 0 fully saturated rings. The summed E-state index contributed by atoms with van der Waals surface area (Å²) in [5, 5.41) is 1.58. The molecule has 1 aromatic carbocycles. The molecule has 0 aliphatic carbocycles. The van der Waals surface area contributed by atoms with Gasteiger partial charge in [-0.1, -0.05) is 6.07 Å². The number of rotatable bonds is 2. The highest BCUT2D eigenvalue weighted by molar-refractivity contribution is 6.30. The van der Waals surface area contributed by atoms with Gasteiger partial charge in [0.15, 0.2) is 0 Å². The van der Waals surface area contributed by atoms with Crippen LogP contribution in [0.1, 0.15) is 16.5 Å². The normalized spacial score (nSPS) is 12.3. The van der Waals surface area contributed by atoms with Gasteiger partial charge in [-0.05, 0) is 30.2 Å². The molecule has 0 heterocycles. The minimum atomic E-state index is -0.837. The van der Waals surface area contributed by atoms with E-state index in [0.29, 0.717) is 5.56 Å². The third-order valence-corrected chi connectivity index (χ3v) is 2.42. The van der Waals surface area contributed by atoms with Crippen molar-refractivity contribution in [2.45, 2.75) is 12.3 Å². The first-order valence-electron chi connectivity index (χ1n) is 4.18. The summed E-state index contributed by atoms with van der Waals surface area (Å²) in [5.41, 5.74) is 1.31.